The molecule has 1 fully saturated rings. The van der Waals surface area contributed by atoms with Crippen LogP contribution in [0.25, 0.3) is 0 Å². The van der Waals surface area contributed by atoms with Crippen LogP contribution in [0.15, 0.2) is 4.40 Å². The van der Waals surface area contributed by atoms with Crippen molar-refractivity contribution in [3.8, 4) is 0 Å². The number of halogens is 9. The highest BCUT2D eigenvalue weighted by Crippen LogP contribution is 2.49. The molecule has 0 atom stereocenters. The van der Waals surface area contributed by atoms with Crippen LogP contribution in [0.5, 0.6) is 0 Å². The lowest BCUT2D eigenvalue weighted by atomic mass is 10.1. The molecule has 0 aromatic heterocycles. The van der Waals surface area contributed by atoms with E-state index < -0.39 is 43.2 Å². The van der Waals surface area contributed by atoms with Crippen LogP contribution in [0, 0.1) is 5.92 Å². The van der Waals surface area contributed by atoms with E-state index in [4.69, 9.17) is 4.74 Å². The number of sulfonamides is 1. The van der Waals surface area contributed by atoms with E-state index in [1.165, 1.54) is 6.92 Å². The van der Waals surface area contributed by atoms with Crippen LogP contribution in [0.1, 0.15) is 32.6 Å². The zero-order chi connectivity index (χ0) is 21.3. The fraction of sp³-hybridized carbons (Fsp3) is 0.917. The van der Waals surface area contributed by atoms with Crippen LogP contribution in [-0.4, -0.2) is 42.3 Å². The van der Waals surface area contributed by atoms with Crippen molar-refractivity contribution in [2.75, 3.05) is 6.61 Å². The molecule has 1 saturated carbocycles. The normalized spacial score (nSPS) is 18.8. The lowest BCUT2D eigenvalue weighted by molar-refractivity contribution is -0.438. The van der Waals surface area contributed by atoms with E-state index in [1.54, 1.807) is 0 Å². The SMILES string of the molecule is CCO/C(=N\S(=O)(=O)C(F)(F)C(F)(F)OC(F)(F)C(F)(F)I)C1CCCC1. The second-order valence-corrected chi connectivity index (χ2v) is 8.47. The molecule has 0 heterocycles. The molecule has 27 heavy (non-hydrogen) atoms. The molecule has 0 saturated heterocycles. The first-order valence-electron chi connectivity index (χ1n) is 7.36. The summed E-state index contributed by atoms with van der Waals surface area (Å²) in [6.07, 6.45) is -10.9. The maximum Gasteiger partial charge on any atom is 0.455 e. The summed E-state index contributed by atoms with van der Waals surface area (Å²) >= 11 is -0.319. The van der Waals surface area contributed by atoms with E-state index in [0.717, 1.165) is 0 Å². The predicted molar refractivity (Wildman–Crippen MR) is 84.8 cm³/mol. The third-order valence-electron chi connectivity index (χ3n) is 3.46. The molecule has 160 valence electrons. The van der Waals surface area contributed by atoms with Crippen LogP contribution in [0.2, 0.25) is 0 Å². The molecule has 1 aliphatic carbocycles. The molecule has 0 unspecified atom stereocenters. The molecule has 0 aromatic carbocycles. The van der Waals surface area contributed by atoms with Crippen molar-refractivity contribution in [3.05, 3.63) is 0 Å². The van der Waals surface area contributed by atoms with Gasteiger partial charge in [0.05, 0.1) is 6.61 Å². The Kier molecular flexibility index (Phi) is 7.39. The zero-order valence-corrected chi connectivity index (χ0v) is 16.5. The van der Waals surface area contributed by atoms with Crippen LogP contribution in [-0.2, 0) is 19.5 Å². The van der Waals surface area contributed by atoms with E-state index in [-0.39, 0.29) is 42.0 Å². The predicted octanol–water partition coefficient (Wildman–Crippen LogP) is 4.76. The van der Waals surface area contributed by atoms with Crippen molar-refractivity contribution >= 4 is 38.5 Å². The molecule has 0 bridgehead atoms. The van der Waals surface area contributed by atoms with Crippen molar-refractivity contribution in [1.29, 1.82) is 0 Å². The van der Waals surface area contributed by atoms with Gasteiger partial charge in [0.1, 0.15) is 0 Å². The van der Waals surface area contributed by atoms with Gasteiger partial charge in [-0.3, -0.25) is 0 Å². The quantitative estimate of drug-likeness (QED) is 0.145. The van der Waals surface area contributed by atoms with Crippen molar-refractivity contribution in [2.24, 2.45) is 10.3 Å². The Balaban J connectivity index is 3.26. The van der Waals surface area contributed by atoms with E-state index >= 15 is 0 Å². The van der Waals surface area contributed by atoms with Crippen LogP contribution < -0.4 is 0 Å². The first-order valence-corrected chi connectivity index (χ1v) is 9.88. The smallest absolute Gasteiger partial charge is 0.455 e. The molecule has 1 aliphatic rings. The number of rotatable bonds is 8. The lowest BCUT2D eigenvalue weighted by Gasteiger charge is -2.29. The average molecular weight is 547 g/mol. The van der Waals surface area contributed by atoms with Gasteiger partial charge in [0.25, 0.3) is 0 Å². The van der Waals surface area contributed by atoms with Gasteiger partial charge in [-0.25, -0.2) is 4.74 Å². The monoisotopic (exact) mass is 547 g/mol. The Labute approximate surface area is 162 Å². The van der Waals surface area contributed by atoms with Crippen molar-refractivity contribution in [3.63, 3.8) is 0 Å². The second kappa shape index (κ2) is 8.12. The molecule has 0 aromatic rings. The minimum absolute atomic E-state index is 0.234. The van der Waals surface area contributed by atoms with E-state index in [9.17, 15) is 43.5 Å². The van der Waals surface area contributed by atoms with Crippen LogP contribution in [0.3, 0.4) is 0 Å². The largest absolute Gasteiger partial charge is 0.480 e. The van der Waals surface area contributed by atoms with Gasteiger partial charge in [-0.15, -0.1) is 4.40 Å². The highest BCUT2D eigenvalue weighted by molar-refractivity contribution is 14.1. The number of hydrogen-bond donors (Lipinski definition) is 0. The summed E-state index contributed by atoms with van der Waals surface area (Å²) in [4.78, 5) is 0. The molecule has 5 nitrogen and oxygen atoms in total. The van der Waals surface area contributed by atoms with Crippen molar-refractivity contribution in [2.45, 2.75) is 54.0 Å². The fourth-order valence-corrected chi connectivity index (χ4v) is 3.15. The third-order valence-corrected chi connectivity index (χ3v) is 5.39. The van der Waals surface area contributed by atoms with Gasteiger partial charge in [-0.2, -0.15) is 43.5 Å². The number of alkyl halides is 9. The molecule has 15 heteroatoms. The summed E-state index contributed by atoms with van der Waals surface area (Å²) in [5.74, 6) is -1.53. The van der Waals surface area contributed by atoms with Gasteiger partial charge in [0, 0.05) is 28.5 Å². The maximum atomic E-state index is 13.8. The summed E-state index contributed by atoms with van der Waals surface area (Å²) in [6, 6.07) is 0. The minimum atomic E-state index is -6.52. The number of ether oxygens (including phenoxy) is 2. The second-order valence-electron chi connectivity index (χ2n) is 5.47. The average Bonchev–Trinajstić information content (AvgIpc) is 2.97. The Hall–Kier alpha value is -0.450. The Morgan fingerprint density at radius 1 is 1.04 bits per heavy atom. The van der Waals surface area contributed by atoms with E-state index in [1.807, 2.05) is 0 Å². The highest BCUT2D eigenvalue weighted by atomic mass is 127. The van der Waals surface area contributed by atoms with Gasteiger partial charge in [0.2, 0.25) is 5.90 Å². The van der Waals surface area contributed by atoms with Gasteiger partial charge in [-0.1, -0.05) is 12.8 Å². The van der Waals surface area contributed by atoms with Crippen LogP contribution >= 0.6 is 22.6 Å². The van der Waals surface area contributed by atoms with Crippen molar-refractivity contribution < 1.29 is 53.0 Å². The Morgan fingerprint density at radius 2 is 1.52 bits per heavy atom. The molecule has 0 N–H and O–H groups in total. The first kappa shape index (κ1) is 24.6. The fourth-order valence-electron chi connectivity index (χ4n) is 2.14. The number of hydrogen-bond acceptors (Lipinski definition) is 4. The Morgan fingerprint density at radius 3 is 1.93 bits per heavy atom. The van der Waals surface area contributed by atoms with Gasteiger partial charge < -0.3 is 4.74 Å². The summed E-state index contributed by atoms with van der Waals surface area (Å²) in [7, 11) is -6.52. The molecule has 0 spiro atoms. The summed E-state index contributed by atoms with van der Waals surface area (Å²) in [5, 5.41) is -6.37. The molecule has 1 rings (SSSR count). The van der Waals surface area contributed by atoms with Gasteiger partial charge >= 0.3 is 31.4 Å². The molecule has 0 aliphatic heterocycles. The van der Waals surface area contributed by atoms with Crippen LogP contribution in [0.4, 0.5) is 35.1 Å². The number of nitrogens with zero attached hydrogens (tertiary/aromatic N) is 1. The summed E-state index contributed by atoms with van der Waals surface area (Å²) in [5.41, 5.74) is 0. The van der Waals surface area contributed by atoms with Gasteiger partial charge in [0.15, 0.2) is 0 Å². The molecule has 0 amide bonds. The lowest BCUT2D eigenvalue weighted by Crippen LogP contribution is -2.54. The standard InChI is InChI=1S/C12H14F8INO4S/c1-2-25-8(7-5-3-4-6-7)22-27(23,24)12(19,20)11(17,18)26-10(15,16)9(13,14)21/h7H,2-6H2,1H3/b22-8-. The van der Waals surface area contributed by atoms with Crippen molar-refractivity contribution in [1.82, 2.24) is 0 Å². The van der Waals surface area contributed by atoms with E-state index in [2.05, 4.69) is 9.13 Å². The maximum absolute atomic E-state index is 13.8. The third kappa shape index (κ3) is 5.33. The summed E-state index contributed by atoms with van der Waals surface area (Å²) in [6.45, 7) is 1.11. The Bertz CT molecular complexity index is 659. The summed E-state index contributed by atoms with van der Waals surface area (Å²) < 4.78 is 133. The van der Waals surface area contributed by atoms with Gasteiger partial charge in [-0.05, 0) is 19.8 Å². The molecular weight excluding hydrogens is 533 g/mol. The molecule has 0 radical (unpaired) electrons. The molecular formula is C12H14F8INO4S. The topological polar surface area (TPSA) is 65.0 Å². The van der Waals surface area contributed by atoms with E-state index in [0.29, 0.717) is 12.8 Å². The first-order chi connectivity index (χ1) is 12.0. The zero-order valence-electron chi connectivity index (χ0n) is 13.5. The highest BCUT2D eigenvalue weighted by Gasteiger charge is 2.74. The minimum Gasteiger partial charge on any atom is -0.480 e.